The third-order valence-electron chi connectivity index (χ3n) is 9.76. The maximum absolute atomic E-state index is 11.5. The molecular weight excluding hydrogens is 656 g/mol. The molecule has 8 nitrogen and oxygen atoms in total. The number of halogens is 1. The van der Waals surface area contributed by atoms with Gasteiger partial charge in [0.25, 0.3) is 10.1 Å². The molecule has 0 amide bonds. The van der Waals surface area contributed by atoms with Crippen LogP contribution in [0.2, 0.25) is 0 Å². The van der Waals surface area contributed by atoms with Crippen molar-refractivity contribution in [2.24, 2.45) is 5.92 Å². The van der Waals surface area contributed by atoms with Gasteiger partial charge in [-0.25, -0.2) is 0 Å². The number of allylic oxidation sites excluding steroid dienone is 6. The molecule has 5 rings (SSSR count). The highest BCUT2D eigenvalue weighted by atomic mass is 35.5. The number of fused-ring (bicyclic) bond motifs is 2. The fourth-order valence-corrected chi connectivity index (χ4v) is 8.61. The molecule has 1 saturated carbocycles. The molecule has 2 unspecified atom stereocenters. The van der Waals surface area contributed by atoms with E-state index >= 15 is 0 Å². The smallest absolute Gasteiger partial charge is 0.264 e. The van der Waals surface area contributed by atoms with Crippen LogP contribution in [0.25, 0.3) is 0 Å². The van der Waals surface area contributed by atoms with Gasteiger partial charge in [0, 0.05) is 65.3 Å². The Morgan fingerprint density at radius 3 is 2.53 bits per heavy atom. The van der Waals surface area contributed by atoms with Crippen LogP contribution in [0.5, 0.6) is 0 Å². The van der Waals surface area contributed by atoms with Crippen molar-refractivity contribution in [3.05, 3.63) is 95.2 Å². The van der Waals surface area contributed by atoms with Crippen LogP contribution in [-0.4, -0.2) is 53.2 Å². The van der Waals surface area contributed by atoms with E-state index in [1.165, 1.54) is 28.1 Å². The van der Waals surface area contributed by atoms with Crippen molar-refractivity contribution in [1.82, 2.24) is 0 Å². The largest absolute Gasteiger partial charge is 0.691 e. The van der Waals surface area contributed by atoms with Gasteiger partial charge in [-0.3, -0.25) is 9.59 Å². The number of para-hydroxylation sites is 2. The van der Waals surface area contributed by atoms with Crippen molar-refractivity contribution in [1.29, 1.82) is 0 Å². The van der Waals surface area contributed by atoms with Crippen LogP contribution in [0.15, 0.2) is 84.1 Å². The van der Waals surface area contributed by atoms with E-state index < -0.39 is 10.1 Å². The second kappa shape index (κ2) is 15.0. The van der Waals surface area contributed by atoms with Crippen molar-refractivity contribution in [3.63, 3.8) is 0 Å². The van der Waals surface area contributed by atoms with Crippen molar-refractivity contribution >= 4 is 50.8 Å². The molecule has 2 aliphatic heterocycles. The molecular formula is C36H45ClN2O6S2. The highest BCUT2D eigenvalue weighted by Gasteiger charge is 2.44. The summed E-state index contributed by atoms with van der Waals surface area (Å²) in [5.74, 6) is 0.524. The zero-order chi connectivity index (χ0) is 33.8. The number of nitrogens with zero attached hydrogens (tertiary/aromatic N) is 2. The molecule has 0 saturated heterocycles. The fourth-order valence-electron chi connectivity index (χ4n) is 7.37. The lowest BCUT2D eigenvalue weighted by molar-refractivity contribution is -0.777. The Morgan fingerprint density at radius 2 is 1.79 bits per heavy atom. The average molecular weight is 701 g/mol. The number of rotatable bonds is 13. The van der Waals surface area contributed by atoms with E-state index in [-0.39, 0.29) is 27.9 Å². The van der Waals surface area contributed by atoms with Crippen LogP contribution in [0.3, 0.4) is 0 Å². The van der Waals surface area contributed by atoms with Crippen molar-refractivity contribution < 1.29 is 32.2 Å². The maximum Gasteiger partial charge on any atom is 0.264 e. The van der Waals surface area contributed by atoms with Gasteiger partial charge in [-0.05, 0) is 63.2 Å². The first-order valence-corrected chi connectivity index (χ1v) is 19.2. The van der Waals surface area contributed by atoms with Crippen LogP contribution >= 0.6 is 23.6 Å². The monoisotopic (exact) mass is 700 g/mol. The normalized spacial score (nSPS) is 23.7. The first-order chi connectivity index (χ1) is 22.4. The molecule has 3 aliphatic rings. The SMILES string of the molecule is CC1(C)C(/C=C/C2CCC/C(=C\C=C3/N(CCCS(=O)(=O)O)c4ccccc4C3(C)C)C2Cl)=[N+](CCCSOO[O-])c2ccccc21. The van der Waals surface area contributed by atoms with E-state index in [4.69, 9.17) is 11.6 Å². The predicted octanol–water partition coefficient (Wildman–Crippen LogP) is 7.17. The lowest BCUT2D eigenvalue weighted by Gasteiger charge is -2.29. The Hall–Kier alpha value is -2.44. The van der Waals surface area contributed by atoms with Crippen LogP contribution in [0, 0.1) is 5.92 Å². The Balaban J connectivity index is 1.39. The van der Waals surface area contributed by atoms with Crippen molar-refractivity contribution in [2.75, 3.05) is 29.5 Å². The third-order valence-corrected chi connectivity index (χ3v) is 11.8. The summed E-state index contributed by atoms with van der Waals surface area (Å²) >= 11 is 8.26. The molecule has 1 fully saturated rings. The van der Waals surface area contributed by atoms with Crippen LogP contribution < -0.4 is 10.2 Å². The van der Waals surface area contributed by atoms with Gasteiger partial charge in [0.2, 0.25) is 5.69 Å². The summed E-state index contributed by atoms with van der Waals surface area (Å²) in [5, 5.41) is 13.5. The van der Waals surface area contributed by atoms with Gasteiger partial charge in [-0.2, -0.15) is 17.3 Å². The average Bonchev–Trinajstić information content (AvgIpc) is 3.38. The molecule has 47 heavy (non-hydrogen) atoms. The first kappa shape index (κ1) is 35.9. The zero-order valence-corrected chi connectivity index (χ0v) is 29.9. The zero-order valence-electron chi connectivity index (χ0n) is 27.5. The van der Waals surface area contributed by atoms with Gasteiger partial charge in [0.05, 0.1) is 16.5 Å². The molecule has 0 spiro atoms. The van der Waals surface area contributed by atoms with Gasteiger partial charge in [0.1, 0.15) is 6.54 Å². The van der Waals surface area contributed by atoms with E-state index in [2.05, 4.69) is 107 Å². The lowest BCUT2D eigenvalue weighted by Crippen LogP contribution is -2.29. The summed E-state index contributed by atoms with van der Waals surface area (Å²) in [6.45, 7) is 10.2. The predicted molar refractivity (Wildman–Crippen MR) is 189 cm³/mol. The van der Waals surface area contributed by atoms with Crippen LogP contribution in [0.1, 0.15) is 70.9 Å². The second-order valence-corrected chi connectivity index (χ2v) is 16.4. The number of anilines is 1. The Kier molecular flexibility index (Phi) is 11.4. The van der Waals surface area contributed by atoms with Gasteiger partial charge >= 0.3 is 0 Å². The molecule has 0 bridgehead atoms. The van der Waals surface area contributed by atoms with E-state index in [0.717, 1.165) is 55.7 Å². The Morgan fingerprint density at radius 1 is 1.06 bits per heavy atom. The Labute approximate surface area is 288 Å². The number of hydrogen-bond donors (Lipinski definition) is 1. The molecule has 0 radical (unpaired) electrons. The van der Waals surface area contributed by atoms with Crippen LogP contribution in [-0.2, 0) is 30.3 Å². The van der Waals surface area contributed by atoms with E-state index in [0.29, 0.717) is 18.7 Å². The minimum atomic E-state index is -4.04. The molecule has 11 heteroatoms. The number of alkyl halides is 1. The summed E-state index contributed by atoms with van der Waals surface area (Å²) in [6, 6.07) is 16.7. The van der Waals surface area contributed by atoms with Gasteiger partial charge in [0.15, 0.2) is 5.71 Å². The molecule has 254 valence electrons. The molecule has 0 aromatic heterocycles. The van der Waals surface area contributed by atoms with Gasteiger partial charge in [-0.1, -0.05) is 68.0 Å². The minimum absolute atomic E-state index is 0.154. The molecule has 2 atom stereocenters. The first-order valence-electron chi connectivity index (χ1n) is 16.2. The standard InChI is InChI=1S/C36H45ClN2O6S2/c1-35(2)28-14-5-7-16-30(28)38(22-10-24-46-45-44-40)32(35)20-18-26-12-9-13-27(34(26)37)19-21-33-36(3,4)29-15-6-8-17-31(29)39(33)23-11-25-47(41,42)43/h5-8,14-21,26,34H,9-13,22-25H2,1-4H3,(H-,40,41,42,43)/b20-18+,27-19+,33-21-. The summed E-state index contributed by atoms with van der Waals surface area (Å²) in [4.78, 5) is 2.18. The number of benzene rings is 2. The highest BCUT2D eigenvalue weighted by molar-refractivity contribution is 7.94. The number of hydrogen-bond acceptors (Lipinski definition) is 7. The van der Waals surface area contributed by atoms with E-state index in [1.807, 2.05) is 12.1 Å². The second-order valence-electron chi connectivity index (χ2n) is 13.5. The van der Waals surface area contributed by atoms with E-state index in [9.17, 15) is 18.2 Å². The molecule has 2 aromatic rings. The Bertz CT molecular complexity index is 1680. The minimum Gasteiger partial charge on any atom is -0.691 e. The molecule has 2 heterocycles. The summed E-state index contributed by atoms with van der Waals surface area (Å²) in [5.41, 5.74) is 7.77. The molecule has 1 aliphatic carbocycles. The summed E-state index contributed by atoms with van der Waals surface area (Å²) in [6.07, 6.45) is 13.0. The van der Waals surface area contributed by atoms with Crippen molar-refractivity contribution in [2.45, 2.75) is 76.0 Å². The van der Waals surface area contributed by atoms with E-state index in [1.54, 1.807) is 0 Å². The maximum atomic E-state index is 11.5. The summed E-state index contributed by atoms with van der Waals surface area (Å²) in [7, 11) is -4.04. The molecule has 1 N–H and O–H groups in total. The lowest BCUT2D eigenvalue weighted by atomic mass is 9.79. The molecule has 2 aromatic carbocycles. The van der Waals surface area contributed by atoms with Crippen LogP contribution in [0.4, 0.5) is 11.4 Å². The quantitative estimate of drug-likeness (QED) is 0.0446. The van der Waals surface area contributed by atoms with Gasteiger partial charge < -0.3 is 10.2 Å². The summed E-state index contributed by atoms with van der Waals surface area (Å²) < 4.78 is 39.1. The van der Waals surface area contributed by atoms with Crippen molar-refractivity contribution in [3.8, 4) is 0 Å². The van der Waals surface area contributed by atoms with Gasteiger partial charge in [-0.15, -0.1) is 11.6 Å². The third kappa shape index (κ3) is 7.90. The fraction of sp³-hybridized carbons (Fsp3) is 0.472. The topological polar surface area (TPSA) is 102 Å². The highest BCUT2D eigenvalue weighted by Crippen LogP contribution is 2.48.